The van der Waals surface area contributed by atoms with Crippen LogP contribution in [0.3, 0.4) is 0 Å². The fourth-order valence-corrected chi connectivity index (χ4v) is 4.13. The number of amides is 1. The maximum absolute atomic E-state index is 12.6. The Labute approximate surface area is 164 Å². The summed E-state index contributed by atoms with van der Waals surface area (Å²) >= 11 is 13.6. The quantitative estimate of drug-likeness (QED) is 0.426. The molecule has 0 saturated carbocycles. The van der Waals surface area contributed by atoms with Gasteiger partial charge in [-0.25, -0.2) is 4.98 Å². The number of aromatic nitrogens is 1. The highest BCUT2D eigenvalue weighted by Gasteiger charge is 2.15. The average Bonchev–Trinajstić information content (AvgIpc) is 3.06. The zero-order chi connectivity index (χ0) is 18.1. The highest BCUT2D eigenvalue weighted by molar-refractivity contribution is 7.21. The molecule has 0 radical (unpaired) electrons. The van der Waals surface area contributed by atoms with E-state index in [0.29, 0.717) is 21.3 Å². The van der Waals surface area contributed by atoms with E-state index in [1.54, 1.807) is 29.5 Å². The van der Waals surface area contributed by atoms with E-state index < -0.39 is 0 Å². The van der Waals surface area contributed by atoms with Gasteiger partial charge in [-0.2, -0.15) is 0 Å². The van der Waals surface area contributed by atoms with E-state index in [2.05, 4.69) is 10.3 Å². The lowest BCUT2D eigenvalue weighted by Gasteiger charge is -2.10. The van der Waals surface area contributed by atoms with Gasteiger partial charge in [0, 0.05) is 10.6 Å². The molecule has 128 valence electrons. The Balaban J connectivity index is 1.70. The second-order valence-electron chi connectivity index (χ2n) is 5.61. The van der Waals surface area contributed by atoms with E-state index in [4.69, 9.17) is 23.2 Å². The number of nitrogens with zero attached hydrogens (tertiary/aromatic N) is 1. The molecule has 0 bridgehead atoms. The summed E-state index contributed by atoms with van der Waals surface area (Å²) < 4.78 is 1.10. The molecule has 1 heterocycles. The van der Waals surface area contributed by atoms with Crippen LogP contribution in [0.2, 0.25) is 10.0 Å². The lowest BCUT2D eigenvalue weighted by atomic mass is 10.1. The molecule has 0 fully saturated rings. The Morgan fingerprint density at radius 1 is 0.962 bits per heavy atom. The normalized spacial score (nSPS) is 10.8. The minimum Gasteiger partial charge on any atom is -0.321 e. The monoisotopic (exact) mass is 398 g/mol. The van der Waals surface area contributed by atoms with Crippen molar-refractivity contribution >= 4 is 56.3 Å². The first kappa shape index (κ1) is 17.0. The fraction of sp³-hybridized carbons (Fsp3) is 0. The molecule has 26 heavy (non-hydrogen) atoms. The van der Waals surface area contributed by atoms with E-state index in [1.807, 2.05) is 48.5 Å². The molecular weight excluding hydrogens is 387 g/mol. The summed E-state index contributed by atoms with van der Waals surface area (Å²) in [5.41, 5.74) is 2.86. The number of anilines is 1. The van der Waals surface area contributed by atoms with Crippen LogP contribution < -0.4 is 5.32 Å². The van der Waals surface area contributed by atoms with Crippen molar-refractivity contribution in [1.82, 2.24) is 4.98 Å². The zero-order valence-corrected chi connectivity index (χ0v) is 15.7. The highest BCUT2D eigenvalue weighted by Crippen LogP contribution is 2.34. The lowest BCUT2D eigenvalue weighted by Crippen LogP contribution is -2.13. The number of fused-ring (bicyclic) bond motifs is 1. The van der Waals surface area contributed by atoms with Crippen LogP contribution in [-0.4, -0.2) is 10.9 Å². The van der Waals surface area contributed by atoms with Crippen LogP contribution in [0.5, 0.6) is 0 Å². The van der Waals surface area contributed by atoms with Gasteiger partial charge in [-0.3, -0.25) is 4.79 Å². The van der Waals surface area contributed by atoms with Gasteiger partial charge in [-0.15, -0.1) is 11.3 Å². The van der Waals surface area contributed by atoms with E-state index >= 15 is 0 Å². The van der Waals surface area contributed by atoms with Crippen molar-refractivity contribution in [2.24, 2.45) is 0 Å². The smallest absolute Gasteiger partial charge is 0.257 e. The Bertz CT molecular complexity index is 1090. The number of para-hydroxylation sites is 2. The van der Waals surface area contributed by atoms with Crippen molar-refractivity contribution in [2.75, 3.05) is 5.32 Å². The fourth-order valence-electron chi connectivity index (χ4n) is 2.63. The van der Waals surface area contributed by atoms with E-state index in [9.17, 15) is 4.79 Å². The molecule has 4 aromatic rings. The second-order valence-corrected chi connectivity index (χ2v) is 7.48. The van der Waals surface area contributed by atoms with E-state index in [-0.39, 0.29) is 5.91 Å². The third-order valence-electron chi connectivity index (χ3n) is 3.88. The summed E-state index contributed by atoms with van der Waals surface area (Å²) in [6.07, 6.45) is 0. The molecule has 0 spiro atoms. The van der Waals surface area contributed by atoms with Crippen LogP contribution >= 0.6 is 34.5 Å². The van der Waals surface area contributed by atoms with Gasteiger partial charge in [-0.1, -0.05) is 47.5 Å². The number of thiazole rings is 1. The second kappa shape index (κ2) is 7.08. The predicted molar refractivity (Wildman–Crippen MR) is 109 cm³/mol. The Morgan fingerprint density at radius 2 is 1.73 bits per heavy atom. The summed E-state index contributed by atoms with van der Waals surface area (Å²) in [4.78, 5) is 17.3. The first-order valence-electron chi connectivity index (χ1n) is 7.83. The van der Waals surface area contributed by atoms with Crippen molar-refractivity contribution in [3.63, 3.8) is 0 Å². The molecule has 3 nitrogen and oxygen atoms in total. The van der Waals surface area contributed by atoms with Crippen molar-refractivity contribution in [1.29, 1.82) is 0 Å². The minimum atomic E-state index is -0.291. The van der Waals surface area contributed by atoms with Crippen LogP contribution in [0, 0.1) is 0 Å². The molecule has 0 aliphatic rings. The minimum absolute atomic E-state index is 0.291. The predicted octanol–water partition coefficient (Wildman–Crippen LogP) is 6.52. The van der Waals surface area contributed by atoms with E-state index in [0.717, 1.165) is 20.8 Å². The molecular formula is C20H12Cl2N2OS. The molecule has 0 atom stereocenters. The maximum Gasteiger partial charge on any atom is 0.257 e. The third kappa shape index (κ3) is 3.31. The first-order valence-corrected chi connectivity index (χ1v) is 9.40. The summed E-state index contributed by atoms with van der Waals surface area (Å²) in [7, 11) is 0. The van der Waals surface area contributed by atoms with Gasteiger partial charge >= 0.3 is 0 Å². The number of carbonyl (C=O) groups excluding carboxylic acids is 1. The highest BCUT2D eigenvalue weighted by atomic mass is 35.5. The molecule has 1 N–H and O–H groups in total. The number of hydrogen-bond acceptors (Lipinski definition) is 3. The summed E-state index contributed by atoms with van der Waals surface area (Å²) in [6.45, 7) is 0. The average molecular weight is 399 g/mol. The molecule has 0 aliphatic heterocycles. The summed E-state index contributed by atoms with van der Waals surface area (Å²) in [5.74, 6) is -0.291. The van der Waals surface area contributed by atoms with Gasteiger partial charge in [0.2, 0.25) is 0 Å². The van der Waals surface area contributed by atoms with E-state index in [1.165, 1.54) is 0 Å². The van der Waals surface area contributed by atoms with Gasteiger partial charge in [-0.05, 0) is 42.5 Å². The largest absolute Gasteiger partial charge is 0.321 e. The van der Waals surface area contributed by atoms with Gasteiger partial charge in [0.25, 0.3) is 5.91 Å². The SMILES string of the molecule is O=C(Nc1ccccc1-c1nc2ccccc2s1)c1ccc(Cl)cc1Cl. The van der Waals surface area contributed by atoms with Crippen LogP contribution in [-0.2, 0) is 0 Å². The lowest BCUT2D eigenvalue weighted by molar-refractivity contribution is 0.102. The van der Waals surface area contributed by atoms with Crippen LogP contribution in [0.1, 0.15) is 10.4 Å². The molecule has 1 amide bonds. The number of rotatable bonds is 3. The number of hydrogen-bond donors (Lipinski definition) is 1. The van der Waals surface area contributed by atoms with Crippen LogP contribution in [0.15, 0.2) is 66.7 Å². The number of carbonyl (C=O) groups is 1. The zero-order valence-electron chi connectivity index (χ0n) is 13.4. The number of halogens is 2. The summed E-state index contributed by atoms with van der Waals surface area (Å²) in [5, 5.41) is 4.58. The van der Waals surface area contributed by atoms with Crippen molar-refractivity contribution in [3.05, 3.63) is 82.3 Å². The standard InChI is InChI=1S/C20H12Cl2N2OS/c21-12-9-10-13(15(22)11-12)19(25)23-16-6-2-1-5-14(16)20-24-17-7-3-4-8-18(17)26-20/h1-11H,(H,23,25). The Morgan fingerprint density at radius 3 is 2.54 bits per heavy atom. The van der Waals surface area contributed by atoms with Gasteiger partial charge in [0.05, 0.1) is 26.5 Å². The maximum atomic E-state index is 12.6. The van der Waals surface area contributed by atoms with Crippen LogP contribution in [0.25, 0.3) is 20.8 Å². The molecule has 0 unspecified atom stereocenters. The summed E-state index contributed by atoms with van der Waals surface area (Å²) in [6, 6.07) is 20.3. The van der Waals surface area contributed by atoms with Crippen molar-refractivity contribution in [3.8, 4) is 10.6 Å². The number of nitrogens with one attached hydrogen (secondary N) is 1. The first-order chi connectivity index (χ1) is 12.6. The topological polar surface area (TPSA) is 42.0 Å². The third-order valence-corrected chi connectivity index (χ3v) is 5.49. The molecule has 3 aromatic carbocycles. The molecule has 4 rings (SSSR count). The molecule has 6 heteroatoms. The Kier molecular flexibility index (Phi) is 4.64. The number of benzene rings is 3. The molecule has 0 saturated heterocycles. The van der Waals surface area contributed by atoms with Gasteiger partial charge in [0.15, 0.2) is 0 Å². The van der Waals surface area contributed by atoms with Crippen molar-refractivity contribution in [2.45, 2.75) is 0 Å². The van der Waals surface area contributed by atoms with Gasteiger partial charge in [0.1, 0.15) is 5.01 Å². The molecule has 0 aliphatic carbocycles. The molecule has 1 aromatic heterocycles. The van der Waals surface area contributed by atoms with Gasteiger partial charge < -0.3 is 5.32 Å². The van der Waals surface area contributed by atoms with Crippen molar-refractivity contribution < 1.29 is 4.79 Å². The van der Waals surface area contributed by atoms with Crippen LogP contribution in [0.4, 0.5) is 5.69 Å². The Hall–Kier alpha value is -2.40.